The van der Waals surface area contributed by atoms with E-state index in [9.17, 15) is 4.79 Å². The molecule has 0 saturated heterocycles. The van der Waals surface area contributed by atoms with Gasteiger partial charge >= 0.3 is 0 Å². The molecule has 1 amide bonds. The second kappa shape index (κ2) is 6.80. The Labute approximate surface area is 110 Å². The number of thioether (sulfide) groups is 1. The summed E-state index contributed by atoms with van der Waals surface area (Å²) in [6, 6.07) is 0. The van der Waals surface area contributed by atoms with E-state index in [0.717, 1.165) is 18.2 Å². The number of hydrogen-bond acceptors (Lipinski definition) is 6. The second-order valence-corrected chi connectivity index (χ2v) is 5.56. The maximum absolute atomic E-state index is 11.4. The number of carbonyl (C=O) groups is 1. The second-order valence-electron chi connectivity index (χ2n) is 3.93. The van der Waals surface area contributed by atoms with Crippen molar-refractivity contribution in [1.82, 2.24) is 14.3 Å². The van der Waals surface area contributed by atoms with Crippen LogP contribution in [0.5, 0.6) is 5.19 Å². The van der Waals surface area contributed by atoms with Crippen LogP contribution in [0.15, 0.2) is 5.16 Å². The monoisotopic (exact) mass is 275 g/mol. The molecule has 1 heterocycles. The van der Waals surface area contributed by atoms with Crippen LogP contribution in [-0.4, -0.2) is 40.2 Å². The van der Waals surface area contributed by atoms with Gasteiger partial charge in [-0.05, 0) is 5.92 Å². The summed E-state index contributed by atoms with van der Waals surface area (Å²) in [5.41, 5.74) is 0. The van der Waals surface area contributed by atoms with Crippen LogP contribution in [0.25, 0.3) is 0 Å². The molecule has 1 aromatic heterocycles. The predicted octanol–water partition coefficient (Wildman–Crippen LogP) is 2.74. The fourth-order valence-corrected chi connectivity index (χ4v) is 2.03. The van der Waals surface area contributed by atoms with Crippen LogP contribution < -0.4 is 4.74 Å². The van der Waals surface area contributed by atoms with Crippen LogP contribution in [-0.2, 0) is 0 Å². The van der Waals surface area contributed by atoms with Gasteiger partial charge in [0.15, 0.2) is 0 Å². The number of nitrogens with zero attached hydrogens (tertiary/aromatic N) is 3. The van der Waals surface area contributed by atoms with E-state index in [1.807, 2.05) is 0 Å². The molecule has 17 heavy (non-hydrogen) atoms. The van der Waals surface area contributed by atoms with Gasteiger partial charge in [-0.25, -0.2) is 0 Å². The number of carbonyl (C=O) groups excluding carboxylic acids is 1. The first kappa shape index (κ1) is 14.2. The van der Waals surface area contributed by atoms with E-state index < -0.39 is 0 Å². The molecule has 1 rings (SSSR count). The van der Waals surface area contributed by atoms with Gasteiger partial charge in [0.2, 0.25) is 5.16 Å². The topological polar surface area (TPSA) is 55.3 Å². The van der Waals surface area contributed by atoms with Crippen molar-refractivity contribution >= 4 is 28.5 Å². The molecule has 0 saturated carbocycles. The van der Waals surface area contributed by atoms with E-state index >= 15 is 0 Å². The maximum Gasteiger partial charge on any atom is 0.293 e. The van der Waals surface area contributed by atoms with Crippen molar-refractivity contribution in [2.75, 3.05) is 20.7 Å². The van der Waals surface area contributed by atoms with Crippen LogP contribution in [0, 0.1) is 5.92 Å². The predicted molar refractivity (Wildman–Crippen MR) is 69.8 cm³/mol. The molecule has 96 valence electrons. The van der Waals surface area contributed by atoms with Crippen LogP contribution in [0.4, 0.5) is 4.79 Å². The molecular weight excluding hydrogens is 258 g/mol. The molecule has 0 spiro atoms. The molecule has 1 unspecified atom stereocenters. The van der Waals surface area contributed by atoms with Gasteiger partial charge in [-0.3, -0.25) is 4.79 Å². The third-order valence-electron chi connectivity index (χ3n) is 2.12. The summed E-state index contributed by atoms with van der Waals surface area (Å²) in [6.45, 7) is 4.87. The van der Waals surface area contributed by atoms with Crippen molar-refractivity contribution in [2.45, 2.75) is 25.4 Å². The molecule has 0 aliphatic rings. The molecule has 0 aliphatic heterocycles. The SMILES string of the molecule is CCC(C)COc1nc(SC(=O)N(C)C)ns1. The summed E-state index contributed by atoms with van der Waals surface area (Å²) in [6.07, 6.45) is 1.07. The van der Waals surface area contributed by atoms with Crippen molar-refractivity contribution < 1.29 is 9.53 Å². The highest BCUT2D eigenvalue weighted by Gasteiger charge is 2.13. The van der Waals surface area contributed by atoms with Gasteiger partial charge in [-0.15, -0.1) is 0 Å². The normalized spacial score (nSPS) is 12.2. The zero-order valence-electron chi connectivity index (χ0n) is 10.5. The van der Waals surface area contributed by atoms with E-state index in [1.54, 1.807) is 14.1 Å². The summed E-state index contributed by atoms with van der Waals surface area (Å²) in [4.78, 5) is 17.0. The van der Waals surface area contributed by atoms with Gasteiger partial charge in [0.25, 0.3) is 10.4 Å². The molecule has 0 N–H and O–H groups in total. The first-order chi connectivity index (χ1) is 8.02. The maximum atomic E-state index is 11.4. The van der Waals surface area contributed by atoms with Gasteiger partial charge in [0.05, 0.1) is 6.61 Å². The summed E-state index contributed by atoms with van der Waals surface area (Å²) in [5.74, 6) is 0.499. The van der Waals surface area contributed by atoms with E-state index in [-0.39, 0.29) is 5.24 Å². The molecule has 5 nitrogen and oxygen atoms in total. The number of rotatable bonds is 5. The largest absolute Gasteiger partial charge is 0.469 e. The number of aromatic nitrogens is 2. The number of hydrogen-bond donors (Lipinski definition) is 0. The summed E-state index contributed by atoms with van der Waals surface area (Å²) >= 11 is 2.19. The van der Waals surface area contributed by atoms with E-state index in [4.69, 9.17) is 4.74 Å². The first-order valence-electron chi connectivity index (χ1n) is 5.38. The van der Waals surface area contributed by atoms with Gasteiger partial charge in [0, 0.05) is 37.4 Å². The summed E-state index contributed by atoms with van der Waals surface area (Å²) < 4.78 is 9.55. The fourth-order valence-electron chi connectivity index (χ4n) is 0.798. The smallest absolute Gasteiger partial charge is 0.293 e. The molecule has 0 aliphatic carbocycles. The molecule has 0 aromatic carbocycles. The van der Waals surface area contributed by atoms with E-state index in [2.05, 4.69) is 23.2 Å². The minimum Gasteiger partial charge on any atom is -0.469 e. The molecule has 1 aromatic rings. The standard InChI is InChI=1S/C10H17N3O2S2/c1-5-7(2)6-15-9-11-8(12-17-9)16-10(14)13(3)4/h7H,5-6H2,1-4H3. The van der Waals surface area contributed by atoms with Crippen LogP contribution >= 0.6 is 23.3 Å². The average Bonchev–Trinajstić information content (AvgIpc) is 2.73. The van der Waals surface area contributed by atoms with Crippen molar-refractivity contribution in [2.24, 2.45) is 5.92 Å². The molecular formula is C10H17N3O2S2. The number of amides is 1. The quantitative estimate of drug-likeness (QED) is 0.773. The highest BCUT2D eigenvalue weighted by molar-refractivity contribution is 8.13. The van der Waals surface area contributed by atoms with Crippen LogP contribution in [0.1, 0.15) is 20.3 Å². The molecule has 1 atom stereocenters. The van der Waals surface area contributed by atoms with E-state index in [0.29, 0.717) is 22.9 Å². The van der Waals surface area contributed by atoms with Crippen LogP contribution in [0.2, 0.25) is 0 Å². The Bertz CT molecular complexity index is 368. The minimum atomic E-state index is -0.0868. The van der Waals surface area contributed by atoms with Crippen molar-refractivity contribution in [3.8, 4) is 5.19 Å². The molecule has 0 radical (unpaired) electrons. The minimum absolute atomic E-state index is 0.0868. The zero-order chi connectivity index (χ0) is 12.8. The lowest BCUT2D eigenvalue weighted by Gasteiger charge is -2.07. The number of ether oxygens (including phenoxy) is 1. The summed E-state index contributed by atoms with van der Waals surface area (Å²) in [5, 5.41) is 0.892. The van der Waals surface area contributed by atoms with Crippen molar-refractivity contribution in [3.63, 3.8) is 0 Å². The Hall–Kier alpha value is -0.820. The van der Waals surface area contributed by atoms with Gasteiger partial charge in [0.1, 0.15) is 0 Å². The Kier molecular flexibility index (Phi) is 5.70. The zero-order valence-corrected chi connectivity index (χ0v) is 12.1. The van der Waals surface area contributed by atoms with Crippen molar-refractivity contribution in [3.05, 3.63) is 0 Å². The lowest BCUT2D eigenvalue weighted by molar-refractivity contribution is 0.241. The Morgan fingerprint density at radius 3 is 2.88 bits per heavy atom. The van der Waals surface area contributed by atoms with Gasteiger partial charge in [-0.1, -0.05) is 20.3 Å². The van der Waals surface area contributed by atoms with Crippen LogP contribution in [0.3, 0.4) is 0 Å². The van der Waals surface area contributed by atoms with Gasteiger partial charge in [-0.2, -0.15) is 9.36 Å². The van der Waals surface area contributed by atoms with Crippen molar-refractivity contribution in [1.29, 1.82) is 0 Å². The highest BCUT2D eigenvalue weighted by atomic mass is 32.2. The molecule has 7 heteroatoms. The Morgan fingerprint density at radius 2 is 2.29 bits per heavy atom. The lowest BCUT2D eigenvalue weighted by Crippen LogP contribution is -2.16. The molecule has 0 bridgehead atoms. The first-order valence-corrected chi connectivity index (χ1v) is 6.97. The van der Waals surface area contributed by atoms with Gasteiger partial charge < -0.3 is 9.64 Å². The fraction of sp³-hybridized carbons (Fsp3) is 0.700. The highest BCUT2D eigenvalue weighted by Crippen LogP contribution is 2.23. The average molecular weight is 275 g/mol. The Balaban J connectivity index is 2.45. The molecule has 0 fully saturated rings. The Morgan fingerprint density at radius 1 is 1.59 bits per heavy atom. The lowest BCUT2D eigenvalue weighted by atomic mass is 10.1. The summed E-state index contributed by atoms with van der Waals surface area (Å²) in [7, 11) is 3.39. The third kappa shape index (κ3) is 4.91. The van der Waals surface area contributed by atoms with E-state index in [1.165, 1.54) is 16.4 Å². The third-order valence-corrected chi connectivity index (χ3v) is 3.77.